The Morgan fingerprint density at radius 3 is 2.75 bits per heavy atom. The van der Waals surface area contributed by atoms with Crippen LogP contribution in [0.4, 0.5) is 0 Å². The van der Waals surface area contributed by atoms with Gasteiger partial charge < -0.3 is 10.1 Å². The zero-order valence-corrected chi connectivity index (χ0v) is 12.1. The second-order valence-corrected chi connectivity index (χ2v) is 5.17. The van der Waals surface area contributed by atoms with Crippen molar-refractivity contribution in [1.29, 1.82) is 0 Å². The molecule has 112 valence electrons. The van der Waals surface area contributed by atoms with Crippen molar-refractivity contribution >= 4 is 17.5 Å². The number of ether oxygens (including phenoxy) is 1. The molecule has 0 aromatic rings. The molecule has 0 bridgehead atoms. The van der Waals surface area contributed by atoms with Gasteiger partial charge in [-0.2, -0.15) is 5.10 Å². The zero-order chi connectivity index (χ0) is 14.5. The van der Waals surface area contributed by atoms with Gasteiger partial charge in [0.1, 0.15) is 5.71 Å². The first-order valence-electron chi connectivity index (χ1n) is 7.02. The second kappa shape index (κ2) is 6.81. The molecular formula is C13H22N4O3. The Bertz CT molecular complexity index is 404. The molecule has 0 aliphatic carbocycles. The SMILES string of the molecule is C[C@@H](CNC(=O)C1=NN(C)C(=O)CC1)N1CCOCC1. The maximum Gasteiger partial charge on any atom is 0.267 e. The van der Waals surface area contributed by atoms with E-state index in [4.69, 9.17) is 4.74 Å². The van der Waals surface area contributed by atoms with E-state index in [1.807, 2.05) is 0 Å². The molecule has 0 radical (unpaired) electrons. The van der Waals surface area contributed by atoms with Crippen LogP contribution in [-0.4, -0.2) is 73.4 Å². The average Bonchev–Trinajstić information content (AvgIpc) is 2.48. The summed E-state index contributed by atoms with van der Waals surface area (Å²) in [6.07, 6.45) is 0.767. The van der Waals surface area contributed by atoms with Gasteiger partial charge in [0.25, 0.3) is 5.91 Å². The van der Waals surface area contributed by atoms with Crippen LogP contribution in [-0.2, 0) is 14.3 Å². The van der Waals surface area contributed by atoms with Crippen LogP contribution in [0.3, 0.4) is 0 Å². The molecule has 1 fully saturated rings. The van der Waals surface area contributed by atoms with E-state index in [0.29, 0.717) is 25.1 Å². The number of morpholine rings is 1. The lowest BCUT2D eigenvalue weighted by atomic mass is 10.1. The Labute approximate surface area is 118 Å². The highest BCUT2D eigenvalue weighted by atomic mass is 16.5. The summed E-state index contributed by atoms with van der Waals surface area (Å²) in [5.74, 6) is -0.229. The maximum absolute atomic E-state index is 12.0. The van der Waals surface area contributed by atoms with E-state index in [1.165, 1.54) is 5.01 Å². The molecule has 0 spiro atoms. The highest BCUT2D eigenvalue weighted by Crippen LogP contribution is 2.07. The van der Waals surface area contributed by atoms with Crippen LogP contribution >= 0.6 is 0 Å². The van der Waals surface area contributed by atoms with Crippen LogP contribution in [0.2, 0.25) is 0 Å². The van der Waals surface area contributed by atoms with Gasteiger partial charge in [-0.05, 0) is 6.92 Å². The fraction of sp³-hybridized carbons (Fsp3) is 0.769. The molecule has 1 N–H and O–H groups in total. The van der Waals surface area contributed by atoms with Crippen molar-refractivity contribution in [2.45, 2.75) is 25.8 Å². The Morgan fingerprint density at radius 2 is 2.10 bits per heavy atom. The molecule has 0 aromatic carbocycles. The van der Waals surface area contributed by atoms with Crippen molar-refractivity contribution in [3.05, 3.63) is 0 Å². The number of hydrazone groups is 1. The summed E-state index contributed by atoms with van der Waals surface area (Å²) in [5, 5.41) is 8.14. The summed E-state index contributed by atoms with van der Waals surface area (Å²) >= 11 is 0. The number of carbonyl (C=O) groups excluding carboxylic acids is 2. The average molecular weight is 282 g/mol. The summed E-state index contributed by atoms with van der Waals surface area (Å²) < 4.78 is 5.31. The van der Waals surface area contributed by atoms with Gasteiger partial charge in [0, 0.05) is 45.6 Å². The van der Waals surface area contributed by atoms with Gasteiger partial charge in [-0.3, -0.25) is 14.5 Å². The summed E-state index contributed by atoms with van der Waals surface area (Å²) in [4.78, 5) is 25.6. The van der Waals surface area contributed by atoms with Crippen LogP contribution < -0.4 is 5.32 Å². The van der Waals surface area contributed by atoms with Crippen molar-refractivity contribution in [2.75, 3.05) is 39.9 Å². The third-order valence-corrected chi connectivity index (χ3v) is 3.70. The highest BCUT2D eigenvalue weighted by molar-refractivity contribution is 6.39. The first-order chi connectivity index (χ1) is 9.58. The number of hydrogen-bond donors (Lipinski definition) is 1. The van der Waals surface area contributed by atoms with E-state index in [2.05, 4.69) is 22.2 Å². The Kier molecular flexibility index (Phi) is 5.08. The molecule has 7 nitrogen and oxygen atoms in total. The minimum Gasteiger partial charge on any atom is -0.379 e. The first-order valence-corrected chi connectivity index (χ1v) is 7.02. The van der Waals surface area contributed by atoms with Crippen molar-refractivity contribution in [3.8, 4) is 0 Å². The largest absolute Gasteiger partial charge is 0.379 e. The normalized spacial score (nSPS) is 22.4. The number of hydrogen-bond acceptors (Lipinski definition) is 5. The predicted molar refractivity (Wildman–Crippen MR) is 74.3 cm³/mol. The molecule has 7 heteroatoms. The van der Waals surface area contributed by atoms with E-state index >= 15 is 0 Å². The minimum absolute atomic E-state index is 0.0526. The summed E-state index contributed by atoms with van der Waals surface area (Å²) in [7, 11) is 1.57. The molecule has 1 saturated heterocycles. The molecule has 0 aromatic heterocycles. The van der Waals surface area contributed by atoms with Gasteiger partial charge in [0.15, 0.2) is 0 Å². The molecule has 20 heavy (non-hydrogen) atoms. The maximum atomic E-state index is 12.0. The number of rotatable bonds is 4. The van der Waals surface area contributed by atoms with Crippen LogP contribution in [0.5, 0.6) is 0 Å². The minimum atomic E-state index is -0.176. The van der Waals surface area contributed by atoms with E-state index in [1.54, 1.807) is 7.05 Å². The molecule has 2 rings (SSSR count). The Morgan fingerprint density at radius 1 is 1.40 bits per heavy atom. The lowest BCUT2D eigenvalue weighted by Gasteiger charge is -2.32. The fourth-order valence-corrected chi connectivity index (χ4v) is 2.32. The molecule has 2 aliphatic rings. The predicted octanol–water partition coefficient (Wildman–Crippen LogP) is -0.568. The van der Waals surface area contributed by atoms with Crippen LogP contribution in [0.1, 0.15) is 19.8 Å². The van der Waals surface area contributed by atoms with Crippen LogP contribution in [0.15, 0.2) is 5.10 Å². The van der Waals surface area contributed by atoms with Gasteiger partial charge in [0.05, 0.1) is 13.2 Å². The van der Waals surface area contributed by atoms with Crippen molar-refractivity contribution in [3.63, 3.8) is 0 Å². The quantitative estimate of drug-likeness (QED) is 0.749. The standard InChI is InChI=1S/C13H22N4O3/c1-10(17-5-7-20-8-6-17)9-14-13(19)11-3-4-12(18)16(2)15-11/h10H,3-9H2,1-2H3,(H,14,19)/t10-/m0/s1. The van der Waals surface area contributed by atoms with Gasteiger partial charge >= 0.3 is 0 Å². The summed E-state index contributed by atoms with van der Waals surface area (Å²) in [5.41, 5.74) is 0.432. The highest BCUT2D eigenvalue weighted by Gasteiger charge is 2.23. The number of nitrogens with zero attached hydrogens (tertiary/aromatic N) is 3. The third-order valence-electron chi connectivity index (χ3n) is 3.70. The Balaban J connectivity index is 1.80. The molecule has 0 unspecified atom stereocenters. The van der Waals surface area contributed by atoms with Crippen molar-refractivity contribution in [2.24, 2.45) is 5.10 Å². The lowest BCUT2D eigenvalue weighted by Crippen LogP contribution is -2.48. The Hall–Kier alpha value is -1.47. The second-order valence-electron chi connectivity index (χ2n) is 5.17. The third kappa shape index (κ3) is 3.77. The molecule has 1 atom stereocenters. The fourth-order valence-electron chi connectivity index (χ4n) is 2.32. The van der Waals surface area contributed by atoms with Crippen LogP contribution in [0, 0.1) is 0 Å². The molecular weight excluding hydrogens is 260 g/mol. The molecule has 2 amide bonds. The van der Waals surface area contributed by atoms with Crippen molar-refractivity contribution < 1.29 is 14.3 Å². The van der Waals surface area contributed by atoms with Crippen molar-refractivity contribution in [1.82, 2.24) is 15.2 Å². The smallest absolute Gasteiger partial charge is 0.267 e. The molecule has 2 aliphatic heterocycles. The monoisotopic (exact) mass is 282 g/mol. The number of carbonyl (C=O) groups is 2. The van der Waals surface area contributed by atoms with E-state index < -0.39 is 0 Å². The van der Waals surface area contributed by atoms with Crippen LogP contribution in [0.25, 0.3) is 0 Å². The van der Waals surface area contributed by atoms with E-state index in [9.17, 15) is 9.59 Å². The van der Waals surface area contributed by atoms with Gasteiger partial charge in [-0.15, -0.1) is 0 Å². The summed E-state index contributed by atoms with van der Waals surface area (Å²) in [6, 6.07) is 0.270. The van der Waals surface area contributed by atoms with E-state index in [-0.39, 0.29) is 17.9 Å². The molecule has 2 heterocycles. The van der Waals surface area contributed by atoms with E-state index in [0.717, 1.165) is 26.3 Å². The number of amides is 2. The van der Waals surface area contributed by atoms with Gasteiger partial charge in [-0.25, -0.2) is 5.01 Å². The zero-order valence-electron chi connectivity index (χ0n) is 12.1. The topological polar surface area (TPSA) is 74.2 Å². The van der Waals surface area contributed by atoms with Gasteiger partial charge in [-0.1, -0.05) is 0 Å². The molecule has 0 saturated carbocycles. The lowest BCUT2D eigenvalue weighted by molar-refractivity contribution is -0.130. The number of nitrogens with one attached hydrogen (secondary N) is 1. The van der Waals surface area contributed by atoms with Gasteiger partial charge in [0.2, 0.25) is 5.91 Å². The first kappa shape index (κ1) is 14.9. The summed E-state index contributed by atoms with van der Waals surface area (Å²) in [6.45, 7) is 5.96.